The van der Waals surface area contributed by atoms with Crippen LogP contribution in [0.2, 0.25) is 0 Å². The second-order valence-electron chi connectivity index (χ2n) is 2.21. The zero-order valence-electron chi connectivity index (χ0n) is 7.20. The molecule has 0 rings (SSSR count). The van der Waals surface area contributed by atoms with Crippen molar-refractivity contribution in [2.75, 3.05) is 7.05 Å². The lowest BCUT2D eigenvalue weighted by molar-refractivity contribution is 0.729. The lowest BCUT2D eigenvalue weighted by atomic mass is 10.3. The first kappa shape index (κ1) is 10.4. The SMILES string of the molecule is [C-]#[N+]C(=C/C=C\C(C)NC)[N+]#[C-]. The first-order valence-electron chi connectivity index (χ1n) is 3.55. The number of hydrogen-bond acceptors (Lipinski definition) is 1. The molecule has 0 aromatic heterocycles. The fourth-order valence-electron chi connectivity index (χ4n) is 0.504. The molecular formula is C9H11N3. The van der Waals surface area contributed by atoms with Crippen molar-refractivity contribution in [2.24, 2.45) is 0 Å². The van der Waals surface area contributed by atoms with Gasteiger partial charge in [0.05, 0.1) is 0 Å². The van der Waals surface area contributed by atoms with Crippen LogP contribution in [0.5, 0.6) is 0 Å². The molecule has 0 amide bonds. The summed E-state index contributed by atoms with van der Waals surface area (Å²) >= 11 is 0. The highest BCUT2D eigenvalue weighted by atomic mass is 14.9. The summed E-state index contributed by atoms with van der Waals surface area (Å²) in [6.45, 7) is 15.2. The first-order valence-corrected chi connectivity index (χ1v) is 3.55. The van der Waals surface area contributed by atoms with Crippen molar-refractivity contribution < 1.29 is 0 Å². The monoisotopic (exact) mass is 161 g/mol. The maximum absolute atomic E-state index is 6.58. The van der Waals surface area contributed by atoms with Crippen LogP contribution in [0.15, 0.2) is 24.0 Å². The molecule has 0 aliphatic heterocycles. The van der Waals surface area contributed by atoms with Gasteiger partial charge in [-0.3, -0.25) is 0 Å². The van der Waals surface area contributed by atoms with E-state index < -0.39 is 0 Å². The fraction of sp³-hybridized carbons (Fsp3) is 0.333. The van der Waals surface area contributed by atoms with Gasteiger partial charge in [0.25, 0.3) is 0 Å². The molecule has 0 fully saturated rings. The van der Waals surface area contributed by atoms with Crippen molar-refractivity contribution in [1.82, 2.24) is 5.32 Å². The van der Waals surface area contributed by atoms with E-state index in [0.717, 1.165) is 0 Å². The lowest BCUT2D eigenvalue weighted by Gasteiger charge is -1.99. The van der Waals surface area contributed by atoms with Gasteiger partial charge in [-0.05, 0) is 14.0 Å². The predicted molar refractivity (Wildman–Crippen MR) is 48.9 cm³/mol. The largest absolute Gasteiger partial charge is 0.519 e. The topological polar surface area (TPSA) is 20.8 Å². The fourth-order valence-corrected chi connectivity index (χ4v) is 0.504. The number of nitrogens with zero attached hydrogens (tertiary/aromatic N) is 2. The third kappa shape index (κ3) is 4.27. The Labute approximate surface area is 73.0 Å². The van der Waals surface area contributed by atoms with E-state index in [9.17, 15) is 0 Å². The lowest BCUT2D eigenvalue weighted by Crippen LogP contribution is -2.17. The van der Waals surface area contributed by atoms with Crippen LogP contribution in [0.25, 0.3) is 9.69 Å². The van der Waals surface area contributed by atoms with Crippen molar-refractivity contribution >= 4 is 0 Å². The minimum Gasteiger partial charge on any atom is -0.314 e. The molecule has 3 nitrogen and oxygen atoms in total. The van der Waals surface area contributed by atoms with Crippen molar-refractivity contribution in [2.45, 2.75) is 13.0 Å². The minimum absolute atomic E-state index is 0.0922. The van der Waals surface area contributed by atoms with E-state index in [1.807, 2.05) is 20.0 Å². The molecule has 0 aliphatic rings. The quantitative estimate of drug-likeness (QED) is 0.494. The number of allylic oxidation sites excluding steroid dienone is 2. The molecule has 0 spiro atoms. The molecule has 0 heterocycles. The van der Waals surface area contributed by atoms with E-state index in [1.54, 1.807) is 6.08 Å². The van der Waals surface area contributed by atoms with Gasteiger partial charge in [0.15, 0.2) is 0 Å². The minimum atomic E-state index is 0.0922. The Morgan fingerprint density at radius 1 is 1.42 bits per heavy atom. The van der Waals surface area contributed by atoms with Gasteiger partial charge in [0.1, 0.15) is 13.1 Å². The van der Waals surface area contributed by atoms with E-state index in [2.05, 4.69) is 15.0 Å². The second kappa shape index (κ2) is 6.15. The molecule has 0 aromatic carbocycles. The maximum Gasteiger partial charge on any atom is 0.519 e. The highest BCUT2D eigenvalue weighted by molar-refractivity contribution is 5.23. The Morgan fingerprint density at radius 2 is 2.00 bits per heavy atom. The second-order valence-corrected chi connectivity index (χ2v) is 2.21. The highest BCUT2D eigenvalue weighted by Crippen LogP contribution is 1.97. The molecule has 0 saturated heterocycles. The van der Waals surface area contributed by atoms with Gasteiger partial charge in [-0.1, -0.05) is 12.2 Å². The van der Waals surface area contributed by atoms with E-state index in [4.69, 9.17) is 13.1 Å². The van der Waals surface area contributed by atoms with E-state index in [0.29, 0.717) is 0 Å². The first-order chi connectivity index (χ1) is 5.74. The van der Waals surface area contributed by atoms with Gasteiger partial charge in [0, 0.05) is 12.1 Å². The predicted octanol–water partition coefficient (Wildman–Crippen LogP) is 1.83. The van der Waals surface area contributed by atoms with Crippen LogP contribution >= 0.6 is 0 Å². The molecule has 62 valence electrons. The van der Waals surface area contributed by atoms with E-state index >= 15 is 0 Å². The van der Waals surface area contributed by atoms with Crippen molar-refractivity contribution in [3.63, 3.8) is 0 Å². The van der Waals surface area contributed by atoms with Gasteiger partial charge in [-0.25, -0.2) is 0 Å². The Morgan fingerprint density at radius 3 is 2.42 bits per heavy atom. The Kier molecular flexibility index (Phi) is 5.34. The summed E-state index contributed by atoms with van der Waals surface area (Å²) in [5.41, 5.74) is 0. The average Bonchev–Trinajstić information content (AvgIpc) is 2.12. The zero-order chi connectivity index (χ0) is 9.40. The molecule has 1 atom stereocenters. The molecule has 0 aliphatic carbocycles. The van der Waals surface area contributed by atoms with Crippen LogP contribution in [0.1, 0.15) is 6.92 Å². The van der Waals surface area contributed by atoms with Crippen molar-refractivity contribution in [1.29, 1.82) is 0 Å². The summed E-state index contributed by atoms with van der Waals surface area (Å²) in [5, 5.41) is 3.00. The molecule has 0 aromatic rings. The maximum atomic E-state index is 6.58. The molecule has 1 N–H and O–H groups in total. The van der Waals surface area contributed by atoms with Gasteiger partial charge >= 0.3 is 5.82 Å². The Balaban J connectivity index is 4.14. The van der Waals surface area contributed by atoms with Crippen molar-refractivity contribution in [3.8, 4) is 0 Å². The molecule has 0 bridgehead atoms. The van der Waals surface area contributed by atoms with Crippen LogP contribution < -0.4 is 5.32 Å². The summed E-state index contributed by atoms with van der Waals surface area (Å²) in [5.74, 6) is 0.0922. The van der Waals surface area contributed by atoms with Crippen LogP contribution in [0.4, 0.5) is 0 Å². The number of rotatable bonds is 3. The van der Waals surface area contributed by atoms with Gasteiger partial charge < -0.3 is 5.32 Å². The summed E-state index contributed by atoms with van der Waals surface area (Å²) in [7, 11) is 1.85. The van der Waals surface area contributed by atoms with E-state index in [-0.39, 0.29) is 11.9 Å². The molecule has 0 radical (unpaired) electrons. The average molecular weight is 161 g/mol. The summed E-state index contributed by atoms with van der Waals surface area (Å²) in [6.07, 6.45) is 5.11. The summed E-state index contributed by atoms with van der Waals surface area (Å²) in [6, 6.07) is 0.263. The van der Waals surface area contributed by atoms with Crippen LogP contribution in [-0.4, -0.2) is 13.1 Å². The summed E-state index contributed by atoms with van der Waals surface area (Å²) in [4.78, 5) is 6.03. The number of nitrogens with one attached hydrogen (secondary N) is 1. The molecule has 0 saturated carbocycles. The van der Waals surface area contributed by atoms with Gasteiger partial charge in [0.2, 0.25) is 0 Å². The third-order valence-electron chi connectivity index (χ3n) is 1.33. The molecule has 1 unspecified atom stereocenters. The van der Waals surface area contributed by atoms with Crippen LogP contribution in [0.3, 0.4) is 0 Å². The van der Waals surface area contributed by atoms with Gasteiger partial charge in [-0.15, -0.1) is 0 Å². The zero-order valence-corrected chi connectivity index (χ0v) is 7.20. The Hall–Kier alpha value is -1.58. The molecule has 3 heteroatoms. The normalized spacial score (nSPS) is 11.7. The number of hydrogen-bond donors (Lipinski definition) is 1. The van der Waals surface area contributed by atoms with Crippen LogP contribution in [0, 0.1) is 13.1 Å². The van der Waals surface area contributed by atoms with Crippen molar-refractivity contribution in [3.05, 3.63) is 46.9 Å². The highest BCUT2D eigenvalue weighted by Gasteiger charge is 1.96. The van der Waals surface area contributed by atoms with Crippen LogP contribution in [-0.2, 0) is 0 Å². The molecular weight excluding hydrogens is 150 g/mol. The number of likely N-dealkylation sites (N-methyl/N-ethyl adjacent to an activating group) is 1. The smallest absolute Gasteiger partial charge is 0.314 e. The third-order valence-corrected chi connectivity index (χ3v) is 1.33. The van der Waals surface area contributed by atoms with Gasteiger partial charge in [-0.2, -0.15) is 9.69 Å². The standard InChI is InChI=1S/C9H11N3/c1-8(10-2)6-5-7-9(11-3)12-4/h5-8,10H,1-2H3/b6-5-. The summed E-state index contributed by atoms with van der Waals surface area (Å²) < 4.78 is 0. The molecule has 12 heavy (non-hydrogen) atoms. The Bertz CT molecular complexity index is 246. The van der Waals surface area contributed by atoms with E-state index in [1.165, 1.54) is 6.08 Å².